The molecule has 0 spiro atoms. The number of hydrogen-bond donors (Lipinski definition) is 2. The fraction of sp³-hybridized carbons (Fsp3) is 0.379. The number of cyclic esters (lactones) is 1. The molecule has 17 heteroatoms. The van der Waals surface area contributed by atoms with Crippen LogP contribution in [0.3, 0.4) is 0 Å². The molecule has 0 bridgehead atoms. The zero-order valence-corrected chi connectivity index (χ0v) is 25.0. The molecule has 2 N–H and O–H groups in total. The van der Waals surface area contributed by atoms with Gasteiger partial charge in [-0.05, 0) is 54.9 Å². The van der Waals surface area contributed by atoms with E-state index in [2.05, 4.69) is 4.95 Å². The standard InChI is InChI=1S/C29H27F2N4O10P/c30-20-12-18-22(35(16-1-2-16)14-19(25(18)36)26(37)38)13-23(20)33-7-5-29(6-8-33,45-46(32-42)28(40)41)15-44-24-4-3-17(11-21(24)31)34-9-10-43-27(34)39/h3-4,11-14,16H,1-2,5-10,15H2,(H,37,38)(H,40,41). The molecular formula is C29H27F2N4O10P. The van der Waals surface area contributed by atoms with E-state index in [0.717, 1.165) is 25.0 Å². The van der Waals surface area contributed by atoms with E-state index < -0.39 is 54.3 Å². The van der Waals surface area contributed by atoms with Crippen LogP contribution in [0.5, 0.6) is 5.75 Å². The molecule has 3 heterocycles. The highest BCUT2D eigenvalue weighted by Crippen LogP contribution is 2.47. The maximum atomic E-state index is 15.5. The molecule has 2 saturated heterocycles. The summed E-state index contributed by atoms with van der Waals surface area (Å²) in [5.41, 5.74) is -3.46. The SMILES string of the molecule is O=NP(OC1(COc2ccc(N3CCOC3=O)cc2F)CCN(c2cc3c(cc2F)c(=O)c(C(=O)O)cn3C2CC2)CC1)C(=O)O. The average Bonchev–Trinajstić information content (AvgIpc) is 3.78. The van der Waals surface area contributed by atoms with Crippen molar-refractivity contribution in [3.63, 3.8) is 0 Å². The van der Waals surface area contributed by atoms with Crippen LogP contribution in [0.15, 0.2) is 46.3 Å². The summed E-state index contributed by atoms with van der Waals surface area (Å²) in [5.74, 6) is -3.17. The Labute approximate surface area is 259 Å². The number of pyridine rings is 1. The number of carbonyl (C=O) groups is 3. The van der Waals surface area contributed by atoms with Crippen molar-refractivity contribution in [2.75, 3.05) is 42.6 Å². The largest absolute Gasteiger partial charge is 0.487 e. The van der Waals surface area contributed by atoms with Gasteiger partial charge in [-0.15, -0.1) is 4.91 Å². The highest BCUT2D eigenvalue weighted by molar-refractivity contribution is 7.68. The zero-order valence-electron chi connectivity index (χ0n) is 24.1. The van der Waals surface area contributed by atoms with Crippen LogP contribution in [0.4, 0.5) is 29.7 Å². The summed E-state index contributed by atoms with van der Waals surface area (Å²) in [4.78, 5) is 64.9. The lowest BCUT2D eigenvalue weighted by molar-refractivity contribution is 0.00726. The van der Waals surface area contributed by atoms with Crippen LogP contribution in [-0.2, 0) is 9.26 Å². The predicted molar refractivity (Wildman–Crippen MR) is 160 cm³/mol. The van der Waals surface area contributed by atoms with Crippen LogP contribution in [0, 0.1) is 16.5 Å². The lowest BCUT2D eigenvalue weighted by Gasteiger charge is -2.42. The van der Waals surface area contributed by atoms with Crippen molar-refractivity contribution in [1.29, 1.82) is 0 Å². The summed E-state index contributed by atoms with van der Waals surface area (Å²) in [7, 11) is -2.83. The first-order valence-corrected chi connectivity index (χ1v) is 15.5. The van der Waals surface area contributed by atoms with Crippen molar-refractivity contribution < 1.29 is 47.4 Å². The fourth-order valence-electron chi connectivity index (χ4n) is 5.71. The molecule has 3 fully saturated rings. The number of halogens is 2. The van der Waals surface area contributed by atoms with Gasteiger partial charge in [0.15, 0.2) is 11.6 Å². The molecule has 14 nitrogen and oxygen atoms in total. The van der Waals surface area contributed by atoms with Gasteiger partial charge in [-0.3, -0.25) is 9.69 Å². The van der Waals surface area contributed by atoms with Gasteiger partial charge in [0.05, 0.1) is 23.4 Å². The second kappa shape index (κ2) is 12.2. The molecular weight excluding hydrogens is 633 g/mol. The molecule has 2 aliphatic heterocycles. The monoisotopic (exact) mass is 660 g/mol. The summed E-state index contributed by atoms with van der Waals surface area (Å²) >= 11 is 0. The summed E-state index contributed by atoms with van der Waals surface area (Å²) < 4.78 is 48.5. The number of ether oxygens (including phenoxy) is 2. The van der Waals surface area contributed by atoms with Gasteiger partial charge < -0.3 is 33.7 Å². The third-order valence-electron chi connectivity index (χ3n) is 8.28. The van der Waals surface area contributed by atoms with Crippen LogP contribution >= 0.6 is 8.30 Å². The summed E-state index contributed by atoms with van der Waals surface area (Å²) in [5, 5.41) is 18.9. The van der Waals surface area contributed by atoms with Crippen LogP contribution in [-0.4, -0.2) is 71.0 Å². The van der Waals surface area contributed by atoms with Gasteiger partial charge in [0.2, 0.25) is 5.43 Å². The third-order valence-corrected chi connectivity index (χ3v) is 9.32. The Morgan fingerprint density at radius 1 is 1.07 bits per heavy atom. The molecule has 1 aromatic heterocycles. The van der Waals surface area contributed by atoms with Gasteiger partial charge in [-0.25, -0.2) is 23.2 Å². The number of carboxylic acid groups (broad SMARTS) is 2. The zero-order chi connectivity index (χ0) is 32.7. The fourth-order valence-corrected chi connectivity index (χ4v) is 6.49. The molecule has 1 unspecified atom stereocenters. The van der Waals surface area contributed by atoms with Gasteiger partial charge in [0.1, 0.15) is 30.2 Å². The number of nitrogens with zero attached hydrogens (tertiary/aromatic N) is 4. The molecule has 1 aliphatic carbocycles. The van der Waals surface area contributed by atoms with Crippen LogP contribution < -0.4 is 20.0 Å². The highest BCUT2D eigenvalue weighted by atomic mass is 31.2. The molecule has 2 aromatic carbocycles. The van der Waals surface area contributed by atoms with Crippen molar-refractivity contribution in [2.24, 2.45) is 4.95 Å². The van der Waals surface area contributed by atoms with E-state index in [1.54, 1.807) is 9.47 Å². The lowest BCUT2D eigenvalue weighted by atomic mass is 9.92. The second-order valence-corrected chi connectivity index (χ2v) is 12.5. The summed E-state index contributed by atoms with van der Waals surface area (Å²) in [6.07, 6.45) is 2.27. The quantitative estimate of drug-likeness (QED) is 0.197. The molecule has 1 amide bonds. The van der Waals surface area contributed by atoms with Gasteiger partial charge in [-0.2, -0.15) is 0 Å². The first-order valence-electron chi connectivity index (χ1n) is 14.3. The van der Waals surface area contributed by atoms with Crippen molar-refractivity contribution in [3.8, 4) is 5.75 Å². The molecule has 0 radical (unpaired) electrons. The average molecular weight is 661 g/mol. The Hall–Kier alpha value is -4.69. The Balaban J connectivity index is 1.25. The Morgan fingerprint density at radius 2 is 1.80 bits per heavy atom. The number of aromatic nitrogens is 1. The maximum Gasteiger partial charge on any atom is 0.414 e. The van der Waals surface area contributed by atoms with E-state index in [0.29, 0.717) is 5.52 Å². The minimum atomic E-state index is -2.83. The van der Waals surface area contributed by atoms with Crippen LogP contribution in [0.2, 0.25) is 0 Å². The molecule has 1 saturated carbocycles. The molecule has 46 heavy (non-hydrogen) atoms. The minimum absolute atomic E-state index is 0.0243. The molecule has 1 atom stereocenters. The van der Waals surface area contributed by atoms with E-state index >= 15 is 8.78 Å². The van der Waals surface area contributed by atoms with E-state index in [1.165, 1.54) is 29.3 Å². The van der Waals surface area contributed by atoms with Crippen LogP contribution in [0.1, 0.15) is 42.1 Å². The predicted octanol–water partition coefficient (Wildman–Crippen LogP) is 5.46. The Morgan fingerprint density at radius 3 is 2.39 bits per heavy atom. The first-order chi connectivity index (χ1) is 22.0. The first kappa shape index (κ1) is 31.3. The van der Waals surface area contributed by atoms with Gasteiger partial charge in [0.25, 0.3) is 0 Å². The number of amides is 1. The summed E-state index contributed by atoms with van der Waals surface area (Å²) in [6, 6.07) is 6.35. The topological polar surface area (TPSA) is 177 Å². The second-order valence-electron chi connectivity index (χ2n) is 11.2. The van der Waals surface area contributed by atoms with E-state index in [1.807, 2.05) is 0 Å². The number of rotatable bonds is 11. The minimum Gasteiger partial charge on any atom is -0.487 e. The van der Waals surface area contributed by atoms with Crippen molar-refractivity contribution >= 4 is 48.3 Å². The number of piperidine rings is 1. The van der Waals surface area contributed by atoms with Gasteiger partial charge in [0, 0.05) is 36.8 Å². The number of fused-ring (bicyclic) bond motifs is 1. The van der Waals surface area contributed by atoms with E-state index in [-0.39, 0.29) is 74.2 Å². The number of hydrogen-bond acceptors (Lipinski definition) is 10. The van der Waals surface area contributed by atoms with Crippen molar-refractivity contribution in [3.05, 3.63) is 68.9 Å². The van der Waals surface area contributed by atoms with Crippen molar-refractivity contribution in [1.82, 2.24) is 4.57 Å². The molecule has 6 rings (SSSR count). The Bertz CT molecular complexity index is 1810. The summed E-state index contributed by atoms with van der Waals surface area (Å²) in [6.45, 7) is 0.231. The van der Waals surface area contributed by atoms with Crippen LogP contribution in [0.25, 0.3) is 10.9 Å². The number of carbonyl (C=O) groups excluding carboxylic acids is 1. The number of nitroso groups, excluding NO2 is 1. The lowest BCUT2D eigenvalue weighted by Crippen LogP contribution is -2.49. The van der Waals surface area contributed by atoms with E-state index in [9.17, 15) is 34.3 Å². The smallest absolute Gasteiger partial charge is 0.414 e. The Kier molecular flexibility index (Phi) is 8.33. The number of benzene rings is 2. The van der Waals surface area contributed by atoms with Crippen molar-refractivity contribution in [2.45, 2.75) is 37.3 Å². The molecule has 3 aliphatic rings. The number of anilines is 2. The third kappa shape index (κ3) is 5.97. The van der Waals surface area contributed by atoms with Gasteiger partial charge in [-0.1, -0.05) is 0 Å². The normalized spacial score (nSPS) is 18.3. The number of aromatic carboxylic acids is 1. The highest BCUT2D eigenvalue weighted by Gasteiger charge is 2.43. The molecule has 3 aromatic rings. The number of carboxylic acids is 1. The maximum absolute atomic E-state index is 15.5. The van der Waals surface area contributed by atoms with Gasteiger partial charge >= 0.3 is 26.1 Å². The van der Waals surface area contributed by atoms with E-state index in [4.69, 9.17) is 14.0 Å². The molecule has 242 valence electrons.